The molecule has 0 radical (unpaired) electrons. The van der Waals surface area contributed by atoms with Crippen molar-refractivity contribution in [1.29, 1.82) is 0 Å². The molecule has 1 aliphatic rings. The minimum Gasteiger partial charge on any atom is -0.377 e. The topological polar surface area (TPSA) is 38.5 Å². The Balaban J connectivity index is 2.03. The van der Waals surface area contributed by atoms with E-state index >= 15 is 0 Å². The number of nitrogens with zero attached hydrogens (tertiary/aromatic N) is 1. The highest BCUT2D eigenvalue weighted by atomic mass is 16.5. The quantitative estimate of drug-likeness (QED) is 0.723. The molecule has 0 aromatic heterocycles. The molecule has 1 aliphatic carbocycles. The third-order valence-electron chi connectivity index (χ3n) is 3.52. The van der Waals surface area contributed by atoms with Crippen LogP contribution in [0.3, 0.4) is 0 Å². The lowest BCUT2D eigenvalue weighted by molar-refractivity contribution is 0.0629. The first-order valence-electron chi connectivity index (χ1n) is 6.65. The highest BCUT2D eigenvalue weighted by Gasteiger charge is 2.23. The predicted octanol–water partition coefficient (Wildman–Crippen LogP) is 1.86. The minimum atomic E-state index is 0.344. The first-order chi connectivity index (χ1) is 7.59. The molecule has 3 heteroatoms. The zero-order chi connectivity index (χ0) is 12.0. The average molecular weight is 228 g/mol. The van der Waals surface area contributed by atoms with Crippen LogP contribution in [0, 0.1) is 5.92 Å². The zero-order valence-corrected chi connectivity index (χ0v) is 11.1. The lowest BCUT2D eigenvalue weighted by atomic mass is 10.0. The van der Waals surface area contributed by atoms with Gasteiger partial charge in [0.15, 0.2) is 0 Å². The van der Waals surface area contributed by atoms with E-state index in [0.29, 0.717) is 12.1 Å². The van der Waals surface area contributed by atoms with Crippen molar-refractivity contribution in [2.24, 2.45) is 11.7 Å². The molecule has 2 atom stereocenters. The monoisotopic (exact) mass is 228 g/mol. The van der Waals surface area contributed by atoms with Crippen LogP contribution in [0.1, 0.15) is 39.5 Å². The maximum atomic E-state index is 6.06. The zero-order valence-electron chi connectivity index (χ0n) is 11.1. The fraction of sp³-hybridized carbons (Fsp3) is 1.00. The second-order valence-corrected chi connectivity index (χ2v) is 5.37. The maximum absolute atomic E-state index is 6.06. The van der Waals surface area contributed by atoms with E-state index in [0.717, 1.165) is 25.6 Å². The van der Waals surface area contributed by atoms with Gasteiger partial charge in [0.2, 0.25) is 0 Å². The van der Waals surface area contributed by atoms with Crippen molar-refractivity contribution in [1.82, 2.24) is 4.90 Å². The van der Waals surface area contributed by atoms with Crippen LogP contribution in [0.25, 0.3) is 0 Å². The maximum Gasteiger partial charge on any atom is 0.0596 e. The Kier molecular flexibility index (Phi) is 6.32. The van der Waals surface area contributed by atoms with Crippen LogP contribution in [-0.2, 0) is 4.74 Å². The van der Waals surface area contributed by atoms with Gasteiger partial charge < -0.3 is 15.4 Å². The molecule has 2 unspecified atom stereocenters. The Morgan fingerprint density at radius 3 is 2.62 bits per heavy atom. The summed E-state index contributed by atoms with van der Waals surface area (Å²) in [6.45, 7) is 7.18. The standard InChI is InChI=1S/C13H28N2O/c1-11(2)16-10-9-15(3)8-7-12-5-4-6-13(12)14/h11-13H,4-10,14H2,1-3H3. The minimum absolute atomic E-state index is 0.344. The highest BCUT2D eigenvalue weighted by molar-refractivity contribution is 4.80. The van der Waals surface area contributed by atoms with Gasteiger partial charge in [-0.3, -0.25) is 0 Å². The van der Waals surface area contributed by atoms with Crippen molar-refractivity contribution in [3.8, 4) is 0 Å². The van der Waals surface area contributed by atoms with Crippen molar-refractivity contribution in [3.63, 3.8) is 0 Å². The molecule has 0 aromatic rings. The van der Waals surface area contributed by atoms with Gasteiger partial charge in [0.05, 0.1) is 12.7 Å². The molecule has 3 nitrogen and oxygen atoms in total. The Hall–Kier alpha value is -0.120. The Bertz CT molecular complexity index is 185. The smallest absolute Gasteiger partial charge is 0.0596 e. The van der Waals surface area contributed by atoms with Crippen LogP contribution >= 0.6 is 0 Å². The number of nitrogens with two attached hydrogens (primary N) is 1. The second-order valence-electron chi connectivity index (χ2n) is 5.37. The second kappa shape index (κ2) is 7.25. The van der Waals surface area contributed by atoms with E-state index < -0.39 is 0 Å². The van der Waals surface area contributed by atoms with E-state index in [-0.39, 0.29) is 0 Å². The van der Waals surface area contributed by atoms with E-state index in [4.69, 9.17) is 10.5 Å². The summed E-state index contributed by atoms with van der Waals surface area (Å²) < 4.78 is 5.54. The van der Waals surface area contributed by atoms with E-state index in [1.807, 2.05) is 0 Å². The summed E-state index contributed by atoms with van der Waals surface area (Å²) in [5.74, 6) is 0.758. The number of rotatable bonds is 7. The summed E-state index contributed by atoms with van der Waals surface area (Å²) in [5.41, 5.74) is 6.06. The molecule has 1 rings (SSSR count). The molecule has 96 valence electrons. The molecule has 0 bridgehead atoms. The Morgan fingerprint density at radius 1 is 1.31 bits per heavy atom. The highest BCUT2D eigenvalue weighted by Crippen LogP contribution is 2.26. The number of ether oxygens (including phenoxy) is 1. The van der Waals surface area contributed by atoms with Crippen LogP contribution in [-0.4, -0.2) is 43.8 Å². The molecular weight excluding hydrogens is 200 g/mol. The van der Waals surface area contributed by atoms with Crippen molar-refractivity contribution in [3.05, 3.63) is 0 Å². The average Bonchev–Trinajstić information content (AvgIpc) is 2.60. The molecule has 1 saturated carbocycles. The van der Waals surface area contributed by atoms with Gasteiger partial charge in [-0.05, 0) is 52.6 Å². The normalized spacial score (nSPS) is 25.9. The third kappa shape index (κ3) is 5.28. The molecule has 0 spiro atoms. The van der Waals surface area contributed by atoms with Crippen molar-refractivity contribution >= 4 is 0 Å². The van der Waals surface area contributed by atoms with Crippen molar-refractivity contribution in [2.75, 3.05) is 26.7 Å². The van der Waals surface area contributed by atoms with Gasteiger partial charge in [0, 0.05) is 12.6 Å². The third-order valence-corrected chi connectivity index (χ3v) is 3.52. The van der Waals surface area contributed by atoms with E-state index in [1.54, 1.807) is 0 Å². The molecule has 16 heavy (non-hydrogen) atoms. The fourth-order valence-electron chi connectivity index (χ4n) is 2.37. The Morgan fingerprint density at radius 2 is 2.06 bits per heavy atom. The largest absolute Gasteiger partial charge is 0.377 e. The number of hydrogen-bond acceptors (Lipinski definition) is 3. The molecule has 0 aliphatic heterocycles. The van der Waals surface area contributed by atoms with Gasteiger partial charge in [-0.25, -0.2) is 0 Å². The summed E-state index contributed by atoms with van der Waals surface area (Å²) >= 11 is 0. The van der Waals surface area contributed by atoms with E-state index in [1.165, 1.54) is 25.7 Å². The first-order valence-corrected chi connectivity index (χ1v) is 6.65. The van der Waals surface area contributed by atoms with Crippen LogP contribution < -0.4 is 5.73 Å². The summed E-state index contributed by atoms with van der Waals surface area (Å²) in [7, 11) is 2.17. The van der Waals surface area contributed by atoms with Gasteiger partial charge in [-0.15, -0.1) is 0 Å². The predicted molar refractivity (Wildman–Crippen MR) is 68.5 cm³/mol. The lowest BCUT2D eigenvalue weighted by Gasteiger charge is -2.21. The molecule has 2 N–H and O–H groups in total. The van der Waals surface area contributed by atoms with Crippen molar-refractivity contribution < 1.29 is 4.74 Å². The van der Waals surface area contributed by atoms with Gasteiger partial charge in [0.1, 0.15) is 0 Å². The van der Waals surface area contributed by atoms with Gasteiger partial charge in [0.25, 0.3) is 0 Å². The van der Waals surface area contributed by atoms with E-state index in [2.05, 4.69) is 25.8 Å². The lowest BCUT2D eigenvalue weighted by Crippen LogP contribution is -2.30. The van der Waals surface area contributed by atoms with Crippen LogP contribution in [0.15, 0.2) is 0 Å². The number of likely N-dealkylation sites (N-methyl/N-ethyl adjacent to an activating group) is 1. The summed E-state index contributed by atoms with van der Waals surface area (Å²) in [6.07, 6.45) is 5.48. The molecule has 0 aromatic carbocycles. The van der Waals surface area contributed by atoms with Crippen molar-refractivity contribution in [2.45, 2.75) is 51.7 Å². The fourth-order valence-corrected chi connectivity index (χ4v) is 2.37. The molecule has 0 amide bonds. The van der Waals surface area contributed by atoms with Crippen LogP contribution in [0.4, 0.5) is 0 Å². The summed E-state index contributed by atoms with van der Waals surface area (Å²) in [5, 5.41) is 0. The van der Waals surface area contributed by atoms with E-state index in [9.17, 15) is 0 Å². The van der Waals surface area contributed by atoms with Gasteiger partial charge in [-0.1, -0.05) is 6.42 Å². The molecule has 1 fully saturated rings. The first kappa shape index (κ1) is 13.9. The molecule has 0 heterocycles. The van der Waals surface area contributed by atoms with Gasteiger partial charge in [-0.2, -0.15) is 0 Å². The molecular formula is C13H28N2O. The summed E-state index contributed by atoms with van der Waals surface area (Å²) in [6, 6.07) is 0.459. The van der Waals surface area contributed by atoms with Crippen LogP contribution in [0.5, 0.6) is 0 Å². The number of hydrogen-bond donors (Lipinski definition) is 1. The summed E-state index contributed by atoms with van der Waals surface area (Å²) in [4.78, 5) is 2.35. The van der Waals surface area contributed by atoms with Crippen LogP contribution in [0.2, 0.25) is 0 Å². The Labute approximate surface area is 100 Å². The SMILES string of the molecule is CC(C)OCCN(C)CCC1CCCC1N. The van der Waals surface area contributed by atoms with Gasteiger partial charge >= 0.3 is 0 Å². The molecule has 0 saturated heterocycles.